The molecule has 0 bridgehead atoms. The van der Waals surface area contributed by atoms with Crippen molar-refractivity contribution in [1.29, 1.82) is 0 Å². The number of nitrogens with one attached hydrogen (secondary N) is 2. The standard InChI is InChI=1S/C7H9N3O4/c1-13-6(11)4-5(7(12)14-2)10-9-3-8-4/h3,10H,1-2H3,(H,8,9). The Morgan fingerprint density at radius 1 is 1.29 bits per heavy atom. The maximum absolute atomic E-state index is 11.1. The van der Waals surface area contributed by atoms with Crippen LogP contribution < -0.4 is 10.9 Å². The quantitative estimate of drug-likeness (QED) is 0.536. The fourth-order valence-electron chi connectivity index (χ4n) is 0.826. The monoisotopic (exact) mass is 199 g/mol. The lowest BCUT2D eigenvalue weighted by atomic mass is 10.3. The van der Waals surface area contributed by atoms with Crippen LogP contribution in [0.3, 0.4) is 0 Å². The SMILES string of the molecule is COC(=O)C1=C(C(=O)OC)NNC=N1. The number of nitrogens with zero attached hydrogens (tertiary/aromatic N) is 1. The average Bonchev–Trinajstić information content (AvgIpc) is 2.27. The Morgan fingerprint density at radius 3 is 2.50 bits per heavy atom. The van der Waals surface area contributed by atoms with E-state index in [1.54, 1.807) is 0 Å². The van der Waals surface area contributed by atoms with Gasteiger partial charge in [0.2, 0.25) is 0 Å². The van der Waals surface area contributed by atoms with Crippen LogP contribution >= 0.6 is 0 Å². The molecule has 14 heavy (non-hydrogen) atoms. The molecule has 1 aliphatic rings. The van der Waals surface area contributed by atoms with Gasteiger partial charge in [0.15, 0.2) is 11.4 Å². The van der Waals surface area contributed by atoms with E-state index in [-0.39, 0.29) is 11.4 Å². The van der Waals surface area contributed by atoms with Crippen LogP contribution in [0.4, 0.5) is 0 Å². The van der Waals surface area contributed by atoms with Gasteiger partial charge in [-0.3, -0.25) is 10.9 Å². The summed E-state index contributed by atoms with van der Waals surface area (Å²) in [7, 11) is 2.39. The molecule has 0 aromatic heterocycles. The summed E-state index contributed by atoms with van der Waals surface area (Å²) in [5.74, 6) is -1.41. The van der Waals surface area contributed by atoms with Crippen molar-refractivity contribution in [2.24, 2.45) is 4.99 Å². The highest BCUT2D eigenvalue weighted by Gasteiger charge is 2.23. The van der Waals surface area contributed by atoms with Gasteiger partial charge in [0.25, 0.3) is 0 Å². The smallest absolute Gasteiger partial charge is 0.359 e. The minimum absolute atomic E-state index is 0.0816. The highest BCUT2D eigenvalue weighted by molar-refractivity contribution is 6.01. The largest absolute Gasteiger partial charge is 0.464 e. The number of hydrogen-bond acceptors (Lipinski definition) is 7. The van der Waals surface area contributed by atoms with Crippen molar-refractivity contribution in [2.45, 2.75) is 0 Å². The number of aliphatic imine (C=N–C) groups is 1. The normalized spacial score (nSPS) is 14.1. The van der Waals surface area contributed by atoms with Gasteiger partial charge >= 0.3 is 11.9 Å². The van der Waals surface area contributed by atoms with Crippen LogP contribution in [0.1, 0.15) is 0 Å². The molecule has 7 nitrogen and oxygen atoms in total. The molecule has 7 heteroatoms. The molecule has 0 aromatic rings. The van der Waals surface area contributed by atoms with Crippen molar-refractivity contribution in [3.05, 3.63) is 11.4 Å². The predicted octanol–water partition coefficient (Wildman–Crippen LogP) is -1.32. The highest BCUT2D eigenvalue weighted by atomic mass is 16.5. The van der Waals surface area contributed by atoms with Crippen molar-refractivity contribution in [2.75, 3.05) is 14.2 Å². The van der Waals surface area contributed by atoms with Gasteiger partial charge in [-0.2, -0.15) is 0 Å². The number of carbonyl (C=O) groups is 2. The van der Waals surface area contributed by atoms with E-state index in [4.69, 9.17) is 0 Å². The second kappa shape index (κ2) is 4.26. The first-order chi connectivity index (χ1) is 6.70. The first-order valence-corrected chi connectivity index (χ1v) is 3.65. The van der Waals surface area contributed by atoms with Crippen molar-refractivity contribution >= 4 is 18.3 Å². The van der Waals surface area contributed by atoms with E-state index in [1.807, 2.05) is 0 Å². The Bertz CT molecular complexity index is 321. The molecule has 0 unspecified atom stereocenters. The molecule has 0 atom stereocenters. The number of esters is 2. The third kappa shape index (κ3) is 1.82. The molecule has 0 radical (unpaired) electrons. The lowest BCUT2D eigenvalue weighted by Gasteiger charge is -2.14. The molecule has 0 aromatic carbocycles. The zero-order valence-electron chi connectivity index (χ0n) is 7.66. The van der Waals surface area contributed by atoms with Gasteiger partial charge in [0, 0.05) is 0 Å². The molecule has 1 heterocycles. The molecule has 1 aliphatic heterocycles. The zero-order valence-corrected chi connectivity index (χ0v) is 7.66. The van der Waals surface area contributed by atoms with Crippen LogP contribution in [0.5, 0.6) is 0 Å². The third-order valence-electron chi connectivity index (χ3n) is 1.46. The molecule has 76 valence electrons. The van der Waals surface area contributed by atoms with E-state index < -0.39 is 11.9 Å². The van der Waals surface area contributed by atoms with Crippen LogP contribution in [0.25, 0.3) is 0 Å². The Hall–Kier alpha value is -2.05. The second-order valence-corrected chi connectivity index (χ2v) is 2.23. The van der Waals surface area contributed by atoms with E-state index >= 15 is 0 Å². The first-order valence-electron chi connectivity index (χ1n) is 3.65. The Morgan fingerprint density at radius 2 is 1.93 bits per heavy atom. The summed E-state index contributed by atoms with van der Waals surface area (Å²) in [5, 5.41) is 0. The Kier molecular flexibility index (Phi) is 3.05. The minimum Gasteiger partial charge on any atom is -0.464 e. The van der Waals surface area contributed by atoms with Crippen molar-refractivity contribution < 1.29 is 19.1 Å². The van der Waals surface area contributed by atoms with Crippen LogP contribution in [0.15, 0.2) is 16.4 Å². The maximum Gasteiger partial charge on any atom is 0.359 e. The number of hydrogen-bond donors (Lipinski definition) is 2. The van der Waals surface area contributed by atoms with Gasteiger partial charge < -0.3 is 9.47 Å². The summed E-state index contributed by atoms with van der Waals surface area (Å²) in [5.41, 5.74) is 4.68. The molecule has 0 spiro atoms. The molecule has 0 amide bonds. The van der Waals surface area contributed by atoms with Crippen molar-refractivity contribution in [3.8, 4) is 0 Å². The van der Waals surface area contributed by atoms with Crippen molar-refractivity contribution in [3.63, 3.8) is 0 Å². The number of methoxy groups -OCH3 is 2. The summed E-state index contributed by atoms with van der Waals surface area (Å²) in [4.78, 5) is 25.9. The number of carbonyl (C=O) groups excluding carboxylic acids is 2. The van der Waals surface area contributed by atoms with Gasteiger partial charge in [-0.25, -0.2) is 14.6 Å². The van der Waals surface area contributed by atoms with Gasteiger partial charge in [-0.1, -0.05) is 0 Å². The molecule has 1 rings (SSSR count). The van der Waals surface area contributed by atoms with Gasteiger partial charge in [-0.05, 0) is 0 Å². The summed E-state index contributed by atoms with van der Waals surface area (Å²) in [6, 6.07) is 0. The Labute approximate surface area is 79.7 Å². The Balaban J connectivity index is 3.03. The molecule has 2 N–H and O–H groups in total. The number of hydrazine groups is 1. The van der Waals surface area contributed by atoms with E-state index in [0.717, 1.165) is 0 Å². The average molecular weight is 199 g/mol. The molecular formula is C7H9N3O4. The minimum atomic E-state index is -0.712. The topological polar surface area (TPSA) is 89.0 Å². The van der Waals surface area contributed by atoms with E-state index in [1.165, 1.54) is 20.6 Å². The second-order valence-electron chi connectivity index (χ2n) is 2.23. The fraction of sp³-hybridized carbons (Fsp3) is 0.286. The summed E-state index contributed by atoms with van der Waals surface area (Å²) in [6.07, 6.45) is 1.22. The lowest BCUT2D eigenvalue weighted by Crippen LogP contribution is -2.38. The molecule has 0 saturated carbocycles. The fourth-order valence-corrected chi connectivity index (χ4v) is 0.826. The van der Waals surface area contributed by atoms with Crippen molar-refractivity contribution in [1.82, 2.24) is 10.9 Å². The van der Waals surface area contributed by atoms with Crippen LogP contribution in [0.2, 0.25) is 0 Å². The molecule has 0 aliphatic carbocycles. The predicted molar refractivity (Wildman–Crippen MR) is 45.8 cm³/mol. The van der Waals surface area contributed by atoms with Gasteiger partial charge in [-0.15, -0.1) is 0 Å². The summed E-state index contributed by atoms with van der Waals surface area (Å²) < 4.78 is 8.86. The lowest BCUT2D eigenvalue weighted by molar-refractivity contribution is -0.139. The van der Waals surface area contributed by atoms with Gasteiger partial charge in [0.1, 0.15) is 6.34 Å². The van der Waals surface area contributed by atoms with E-state index in [9.17, 15) is 9.59 Å². The van der Waals surface area contributed by atoms with E-state index in [0.29, 0.717) is 0 Å². The summed E-state index contributed by atoms with van der Waals surface area (Å²) >= 11 is 0. The molecule has 0 fully saturated rings. The van der Waals surface area contributed by atoms with Crippen LogP contribution in [0, 0.1) is 0 Å². The third-order valence-corrected chi connectivity index (χ3v) is 1.46. The van der Waals surface area contributed by atoms with E-state index in [2.05, 4.69) is 25.3 Å². The number of ether oxygens (including phenoxy) is 2. The van der Waals surface area contributed by atoms with Crippen LogP contribution in [-0.2, 0) is 19.1 Å². The zero-order chi connectivity index (χ0) is 10.6. The van der Waals surface area contributed by atoms with Gasteiger partial charge in [0.05, 0.1) is 14.2 Å². The highest BCUT2D eigenvalue weighted by Crippen LogP contribution is 2.08. The summed E-state index contributed by atoms with van der Waals surface area (Å²) in [6.45, 7) is 0. The molecule has 0 saturated heterocycles. The first kappa shape index (κ1) is 10.0. The maximum atomic E-state index is 11.1. The molecular weight excluding hydrogens is 190 g/mol. The van der Waals surface area contributed by atoms with Crippen LogP contribution in [-0.4, -0.2) is 32.5 Å². The number of rotatable bonds is 2.